The van der Waals surface area contributed by atoms with Gasteiger partial charge in [-0.2, -0.15) is 0 Å². The van der Waals surface area contributed by atoms with E-state index in [0.29, 0.717) is 0 Å². The van der Waals surface area contributed by atoms with Gasteiger partial charge in [0.25, 0.3) is 0 Å². The lowest BCUT2D eigenvalue weighted by molar-refractivity contribution is -0.148. The van der Waals surface area contributed by atoms with Gasteiger partial charge in [-0.3, -0.25) is 0 Å². The average Bonchev–Trinajstić information content (AvgIpc) is 2.20. The maximum Gasteiger partial charge on any atom is 0.331 e. The first kappa shape index (κ1) is 14.3. The zero-order chi connectivity index (χ0) is 13.9. The van der Waals surface area contributed by atoms with Crippen LogP contribution in [0.4, 0.5) is 13.2 Å². The Hall–Kier alpha value is -1.78. The number of esters is 1. The molecule has 18 heavy (non-hydrogen) atoms. The second kappa shape index (κ2) is 5.25. The third kappa shape index (κ3) is 4.24. The van der Waals surface area contributed by atoms with Crippen molar-refractivity contribution in [2.24, 2.45) is 0 Å². The molecule has 0 unspecified atom stereocenters. The highest BCUT2D eigenvalue weighted by molar-refractivity contribution is 5.87. The summed E-state index contributed by atoms with van der Waals surface area (Å²) >= 11 is 0. The standard InChI is InChI=1S/C13H13F3O2/c1-13(2,3)18-11(17)5-4-8-6-9(14)12(16)10(15)7-8/h4-7H,1-3H3/b5-4+. The van der Waals surface area contributed by atoms with Crippen molar-refractivity contribution in [2.75, 3.05) is 0 Å². The van der Waals surface area contributed by atoms with Gasteiger partial charge >= 0.3 is 5.97 Å². The Labute approximate surface area is 103 Å². The van der Waals surface area contributed by atoms with E-state index in [4.69, 9.17) is 4.74 Å². The molecule has 0 spiro atoms. The van der Waals surface area contributed by atoms with Gasteiger partial charge < -0.3 is 4.74 Å². The van der Waals surface area contributed by atoms with E-state index in [1.165, 1.54) is 0 Å². The lowest BCUT2D eigenvalue weighted by atomic mass is 10.2. The second-order valence-corrected chi connectivity index (χ2v) is 4.67. The number of ether oxygens (including phenoxy) is 1. The summed E-state index contributed by atoms with van der Waals surface area (Å²) in [6.45, 7) is 5.07. The Balaban J connectivity index is 2.82. The molecular weight excluding hydrogens is 245 g/mol. The minimum atomic E-state index is -1.54. The first-order chi connectivity index (χ1) is 8.19. The molecule has 0 N–H and O–H groups in total. The van der Waals surface area contributed by atoms with E-state index in [1.807, 2.05) is 0 Å². The van der Waals surface area contributed by atoms with Gasteiger partial charge in [0.1, 0.15) is 5.60 Å². The molecule has 0 aliphatic heterocycles. The number of halogens is 3. The van der Waals surface area contributed by atoms with Crippen LogP contribution in [0.5, 0.6) is 0 Å². The Bertz CT molecular complexity index is 464. The van der Waals surface area contributed by atoms with E-state index in [-0.39, 0.29) is 5.56 Å². The quantitative estimate of drug-likeness (QED) is 0.461. The zero-order valence-electron chi connectivity index (χ0n) is 10.3. The Morgan fingerprint density at radius 3 is 2.11 bits per heavy atom. The van der Waals surface area contributed by atoms with Crippen molar-refractivity contribution in [1.82, 2.24) is 0 Å². The molecule has 1 rings (SSSR count). The normalized spacial score (nSPS) is 11.9. The lowest BCUT2D eigenvalue weighted by Gasteiger charge is -2.17. The van der Waals surface area contributed by atoms with Crippen LogP contribution in [0.3, 0.4) is 0 Å². The molecule has 98 valence electrons. The summed E-state index contributed by atoms with van der Waals surface area (Å²) in [4.78, 5) is 11.3. The highest BCUT2D eigenvalue weighted by atomic mass is 19.2. The monoisotopic (exact) mass is 258 g/mol. The van der Waals surface area contributed by atoms with Crippen molar-refractivity contribution in [3.8, 4) is 0 Å². The molecule has 1 aromatic rings. The minimum absolute atomic E-state index is 0.0391. The molecular formula is C13H13F3O2. The van der Waals surface area contributed by atoms with E-state index >= 15 is 0 Å². The van der Waals surface area contributed by atoms with Crippen molar-refractivity contribution >= 4 is 12.0 Å². The minimum Gasteiger partial charge on any atom is -0.457 e. The Morgan fingerprint density at radius 1 is 1.17 bits per heavy atom. The molecule has 0 fully saturated rings. The fraction of sp³-hybridized carbons (Fsp3) is 0.308. The van der Waals surface area contributed by atoms with Gasteiger partial charge in [-0.25, -0.2) is 18.0 Å². The van der Waals surface area contributed by atoms with Crippen molar-refractivity contribution in [2.45, 2.75) is 26.4 Å². The summed E-state index contributed by atoms with van der Waals surface area (Å²) in [6, 6.07) is 1.58. The van der Waals surface area contributed by atoms with Gasteiger partial charge in [0.05, 0.1) is 0 Å². The molecule has 0 aromatic heterocycles. The van der Waals surface area contributed by atoms with Gasteiger partial charge in [0.2, 0.25) is 0 Å². The molecule has 0 bridgehead atoms. The summed E-state index contributed by atoms with van der Waals surface area (Å²) in [6.07, 6.45) is 2.18. The smallest absolute Gasteiger partial charge is 0.331 e. The zero-order valence-corrected chi connectivity index (χ0v) is 10.3. The molecule has 0 aliphatic rings. The van der Waals surface area contributed by atoms with Gasteiger partial charge in [-0.05, 0) is 44.5 Å². The van der Waals surface area contributed by atoms with Crippen LogP contribution < -0.4 is 0 Å². The van der Waals surface area contributed by atoms with E-state index in [0.717, 1.165) is 24.3 Å². The summed E-state index contributed by atoms with van der Waals surface area (Å²) in [5.74, 6) is -4.80. The summed E-state index contributed by atoms with van der Waals surface area (Å²) in [7, 11) is 0. The van der Waals surface area contributed by atoms with Crippen LogP contribution in [0.2, 0.25) is 0 Å². The number of carbonyl (C=O) groups is 1. The van der Waals surface area contributed by atoms with E-state index < -0.39 is 29.0 Å². The lowest BCUT2D eigenvalue weighted by Crippen LogP contribution is -2.22. The van der Waals surface area contributed by atoms with Crippen LogP contribution in [0.15, 0.2) is 18.2 Å². The highest BCUT2D eigenvalue weighted by Crippen LogP contribution is 2.15. The summed E-state index contributed by atoms with van der Waals surface area (Å²) in [5.41, 5.74) is -0.613. The number of carbonyl (C=O) groups excluding carboxylic acids is 1. The second-order valence-electron chi connectivity index (χ2n) is 4.67. The molecule has 0 amide bonds. The predicted octanol–water partition coefficient (Wildman–Crippen LogP) is 3.46. The highest BCUT2D eigenvalue weighted by Gasteiger charge is 2.14. The van der Waals surface area contributed by atoms with Crippen molar-refractivity contribution < 1.29 is 22.7 Å². The fourth-order valence-corrected chi connectivity index (χ4v) is 1.17. The summed E-state index contributed by atoms with van der Waals surface area (Å²) in [5, 5.41) is 0. The average molecular weight is 258 g/mol. The van der Waals surface area contributed by atoms with Crippen LogP contribution in [0.1, 0.15) is 26.3 Å². The summed E-state index contributed by atoms with van der Waals surface area (Å²) < 4.78 is 43.4. The van der Waals surface area contributed by atoms with E-state index in [2.05, 4.69) is 0 Å². The third-order valence-corrected chi connectivity index (χ3v) is 1.82. The molecule has 0 saturated carbocycles. The predicted molar refractivity (Wildman–Crippen MR) is 61.2 cm³/mol. The van der Waals surface area contributed by atoms with Crippen LogP contribution in [0.25, 0.3) is 6.08 Å². The van der Waals surface area contributed by atoms with Crippen LogP contribution in [-0.2, 0) is 9.53 Å². The van der Waals surface area contributed by atoms with Crippen molar-refractivity contribution in [3.63, 3.8) is 0 Å². The number of benzene rings is 1. The van der Waals surface area contributed by atoms with Crippen LogP contribution in [0, 0.1) is 17.5 Å². The largest absolute Gasteiger partial charge is 0.457 e. The first-order valence-electron chi connectivity index (χ1n) is 5.24. The number of hydrogen-bond donors (Lipinski definition) is 0. The molecule has 0 saturated heterocycles. The van der Waals surface area contributed by atoms with Gasteiger partial charge in [-0.1, -0.05) is 0 Å². The van der Waals surface area contributed by atoms with Crippen molar-refractivity contribution in [1.29, 1.82) is 0 Å². The number of rotatable bonds is 2. The van der Waals surface area contributed by atoms with Crippen LogP contribution in [-0.4, -0.2) is 11.6 Å². The van der Waals surface area contributed by atoms with E-state index in [1.54, 1.807) is 20.8 Å². The van der Waals surface area contributed by atoms with Crippen LogP contribution >= 0.6 is 0 Å². The molecule has 5 heteroatoms. The van der Waals surface area contributed by atoms with Gasteiger partial charge in [-0.15, -0.1) is 0 Å². The van der Waals surface area contributed by atoms with Gasteiger partial charge in [0.15, 0.2) is 17.5 Å². The molecule has 0 radical (unpaired) electrons. The van der Waals surface area contributed by atoms with E-state index in [9.17, 15) is 18.0 Å². The third-order valence-electron chi connectivity index (χ3n) is 1.82. The maximum absolute atomic E-state index is 12.9. The molecule has 0 heterocycles. The molecule has 1 aromatic carbocycles. The van der Waals surface area contributed by atoms with Gasteiger partial charge in [0, 0.05) is 6.08 Å². The maximum atomic E-state index is 12.9. The Morgan fingerprint density at radius 2 is 1.67 bits per heavy atom. The first-order valence-corrected chi connectivity index (χ1v) is 5.24. The van der Waals surface area contributed by atoms with Crippen molar-refractivity contribution in [3.05, 3.63) is 41.2 Å². The molecule has 0 aliphatic carbocycles. The fourth-order valence-electron chi connectivity index (χ4n) is 1.17. The Kier molecular flexibility index (Phi) is 4.16. The topological polar surface area (TPSA) is 26.3 Å². The molecule has 2 nitrogen and oxygen atoms in total. The molecule has 0 atom stereocenters. The number of hydrogen-bond acceptors (Lipinski definition) is 2. The SMILES string of the molecule is CC(C)(C)OC(=O)/C=C/c1cc(F)c(F)c(F)c1.